The van der Waals surface area contributed by atoms with E-state index < -0.39 is 23.0 Å². The van der Waals surface area contributed by atoms with Crippen molar-refractivity contribution in [3.8, 4) is 11.6 Å². The average Bonchev–Trinajstić information content (AvgIpc) is 2.13. The summed E-state index contributed by atoms with van der Waals surface area (Å²) in [6.45, 7) is 1.34. The van der Waals surface area contributed by atoms with Gasteiger partial charge >= 0.3 is 18.1 Å². The number of hydrogen-bond acceptors (Lipinski definition) is 5. The molecule has 0 N–H and O–H groups in total. The molecule has 0 radical (unpaired) electrons. The highest BCUT2D eigenvalue weighted by molar-refractivity contribution is 5.48. The molecule has 17 heavy (non-hydrogen) atoms. The molecule has 0 aliphatic carbocycles. The minimum Gasteiger partial charge on any atom is -0.489 e. The average molecular weight is 252 g/mol. The minimum absolute atomic E-state index is 0.119. The van der Waals surface area contributed by atoms with Gasteiger partial charge in [0.2, 0.25) is 5.75 Å². The van der Waals surface area contributed by atoms with Crippen molar-refractivity contribution < 1.29 is 27.6 Å². The predicted molar refractivity (Wildman–Crippen MR) is 48.9 cm³/mol. The fourth-order valence-corrected chi connectivity index (χ4v) is 1.16. The van der Waals surface area contributed by atoms with E-state index in [4.69, 9.17) is 0 Å². The van der Waals surface area contributed by atoms with Crippen molar-refractivity contribution in [1.29, 1.82) is 0 Å². The van der Waals surface area contributed by atoms with Gasteiger partial charge in [-0.1, -0.05) is 0 Å². The molecule has 6 nitrogen and oxygen atoms in total. The van der Waals surface area contributed by atoms with E-state index in [1.807, 2.05) is 0 Å². The zero-order chi connectivity index (χ0) is 13.2. The number of nitro groups is 1. The van der Waals surface area contributed by atoms with Crippen molar-refractivity contribution in [3.63, 3.8) is 0 Å². The molecule has 0 bridgehead atoms. The lowest BCUT2D eigenvalue weighted by molar-refractivity contribution is -0.391. The van der Waals surface area contributed by atoms with Crippen molar-refractivity contribution in [2.75, 3.05) is 7.11 Å². The Bertz CT molecular complexity index is 447. The number of pyridine rings is 1. The molecular formula is C8H7F3N2O4. The molecule has 1 heterocycles. The normalized spacial score (nSPS) is 11.1. The maximum Gasteiger partial charge on any atom is 0.575 e. The molecule has 1 aromatic heterocycles. The molecule has 0 aliphatic heterocycles. The van der Waals surface area contributed by atoms with Crippen LogP contribution < -0.4 is 9.47 Å². The van der Waals surface area contributed by atoms with Crippen molar-refractivity contribution in [2.45, 2.75) is 13.3 Å². The van der Waals surface area contributed by atoms with E-state index in [1.54, 1.807) is 0 Å². The highest BCUT2D eigenvalue weighted by Gasteiger charge is 2.35. The number of alkyl halides is 3. The number of halogens is 3. The van der Waals surface area contributed by atoms with Crippen LogP contribution in [0.1, 0.15) is 5.56 Å². The summed E-state index contributed by atoms with van der Waals surface area (Å²) in [5.41, 5.74) is 0.119. The van der Waals surface area contributed by atoms with Crippen LogP contribution in [0.3, 0.4) is 0 Å². The summed E-state index contributed by atoms with van der Waals surface area (Å²) in [7, 11) is 1.15. The van der Waals surface area contributed by atoms with Crippen LogP contribution in [-0.4, -0.2) is 23.4 Å². The van der Waals surface area contributed by atoms with E-state index in [9.17, 15) is 23.3 Å². The maximum absolute atomic E-state index is 11.9. The van der Waals surface area contributed by atoms with Crippen LogP contribution in [0, 0.1) is 17.0 Å². The summed E-state index contributed by atoms with van der Waals surface area (Å²) < 4.78 is 44.0. The van der Waals surface area contributed by atoms with Crippen LogP contribution in [0.15, 0.2) is 6.07 Å². The summed E-state index contributed by atoms with van der Waals surface area (Å²) in [5.74, 6) is -1.93. The van der Waals surface area contributed by atoms with Crippen molar-refractivity contribution in [1.82, 2.24) is 4.98 Å². The van der Waals surface area contributed by atoms with Gasteiger partial charge in [-0.05, 0) is 11.8 Å². The quantitative estimate of drug-likeness (QED) is 0.609. The molecule has 0 aliphatic rings. The molecule has 0 spiro atoms. The van der Waals surface area contributed by atoms with Crippen LogP contribution >= 0.6 is 0 Å². The van der Waals surface area contributed by atoms with E-state index in [-0.39, 0.29) is 11.3 Å². The summed E-state index contributed by atoms with van der Waals surface area (Å²) >= 11 is 0. The molecule has 0 fully saturated rings. The number of nitrogens with zero attached hydrogens (tertiary/aromatic N) is 2. The van der Waals surface area contributed by atoms with E-state index in [0.29, 0.717) is 0 Å². The smallest absolute Gasteiger partial charge is 0.489 e. The second-order valence-corrected chi connectivity index (χ2v) is 2.94. The molecule has 94 valence electrons. The zero-order valence-electron chi connectivity index (χ0n) is 8.74. The number of ether oxygens (including phenoxy) is 2. The Hall–Kier alpha value is -2.06. The maximum atomic E-state index is 11.9. The number of rotatable bonds is 3. The summed E-state index contributed by atoms with van der Waals surface area (Å²) in [6.07, 6.45) is -4.96. The Kier molecular flexibility index (Phi) is 3.39. The summed E-state index contributed by atoms with van der Waals surface area (Å²) in [6, 6.07) is 0.902. The number of aromatic nitrogens is 1. The Morgan fingerprint density at radius 3 is 2.47 bits per heavy atom. The Morgan fingerprint density at radius 2 is 2.06 bits per heavy atom. The van der Waals surface area contributed by atoms with Crippen LogP contribution in [0.25, 0.3) is 0 Å². The molecule has 9 heteroatoms. The Labute approximate surface area is 93.1 Å². The zero-order valence-corrected chi connectivity index (χ0v) is 8.74. The molecule has 1 aromatic rings. The number of methoxy groups -OCH3 is 1. The Morgan fingerprint density at radius 1 is 1.47 bits per heavy atom. The van der Waals surface area contributed by atoms with Gasteiger partial charge < -0.3 is 19.6 Å². The first-order valence-corrected chi connectivity index (χ1v) is 4.20. The molecule has 0 aromatic carbocycles. The lowest BCUT2D eigenvalue weighted by atomic mass is 10.2. The van der Waals surface area contributed by atoms with E-state index in [0.717, 1.165) is 13.2 Å². The molecular weight excluding hydrogens is 245 g/mol. The molecule has 0 atom stereocenters. The second kappa shape index (κ2) is 4.44. The first kappa shape index (κ1) is 13.0. The van der Waals surface area contributed by atoms with Gasteiger partial charge in [-0.3, -0.25) is 0 Å². The molecule has 0 unspecified atom stereocenters. The van der Waals surface area contributed by atoms with Gasteiger partial charge in [-0.2, -0.15) is 0 Å². The lowest BCUT2D eigenvalue weighted by Gasteiger charge is -2.08. The predicted octanol–water partition coefficient (Wildman–Crippen LogP) is 2.21. The molecule has 1 rings (SSSR count). The molecule has 0 saturated carbocycles. The third-order valence-electron chi connectivity index (χ3n) is 1.71. The Balaban J connectivity index is 3.25. The van der Waals surface area contributed by atoms with Gasteiger partial charge in [0, 0.05) is 16.6 Å². The number of hydrogen-bond donors (Lipinski definition) is 0. The van der Waals surface area contributed by atoms with E-state index in [2.05, 4.69) is 14.5 Å². The standard InChI is InChI=1S/C8H7F3N2O4/c1-4-3-5(17-8(9,10)11)12-7(13(14)15)6(4)16-2/h3H,1-2H3. The van der Waals surface area contributed by atoms with Gasteiger partial charge in [0.25, 0.3) is 0 Å². The number of aryl methyl sites for hydroxylation is 1. The van der Waals surface area contributed by atoms with Gasteiger partial charge in [-0.15, -0.1) is 13.2 Å². The highest BCUT2D eigenvalue weighted by Crippen LogP contribution is 2.33. The van der Waals surface area contributed by atoms with Crippen LogP contribution in [0.5, 0.6) is 11.6 Å². The largest absolute Gasteiger partial charge is 0.575 e. The molecule has 0 amide bonds. The van der Waals surface area contributed by atoms with Gasteiger partial charge in [0.05, 0.1) is 7.11 Å². The third-order valence-corrected chi connectivity index (χ3v) is 1.71. The van der Waals surface area contributed by atoms with Gasteiger partial charge in [0.1, 0.15) is 0 Å². The van der Waals surface area contributed by atoms with E-state index in [1.165, 1.54) is 6.92 Å². The lowest BCUT2D eigenvalue weighted by Crippen LogP contribution is -2.18. The second-order valence-electron chi connectivity index (χ2n) is 2.94. The SMILES string of the molecule is COc1c(C)cc(OC(F)(F)F)nc1[N+](=O)[O-]. The van der Waals surface area contributed by atoms with Crippen LogP contribution in [-0.2, 0) is 0 Å². The molecule has 0 saturated heterocycles. The van der Waals surface area contributed by atoms with Gasteiger partial charge in [0.15, 0.2) is 0 Å². The summed E-state index contributed by atoms with van der Waals surface area (Å²) in [5, 5.41) is 10.6. The topological polar surface area (TPSA) is 74.5 Å². The minimum atomic E-state index is -4.96. The highest BCUT2D eigenvalue weighted by atomic mass is 19.4. The van der Waals surface area contributed by atoms with Crippen LogP contribution in [0.2, 0.25) is 0 Å². The first-order chi connectivity index (χ1) is 7.74. The van der Waals surface area contributed by atoms with Crippen LogP contribution in [0.4, 0.5) is 19.0 Å². The van der Waals surface area contributed by atoms with Gasteiger partial charge in [-0.25, -0.2) is 0 Å². The fourth-order valence-electron chi connectivity index (χ4n) is 1.16. The fraction of sp³-hybridized carbons (Fsp3) is 0.375. The first-order valence-electron chi connectivity index (χ1n) is 4.20. The van der Waals surface area contributed by atoms with Crippen molar-refractivity contribution >= 4 is 5.82 Å². The monoisotopic (exact) mass is 252 g/mol. The van der Waals surface area contributed by atoms with Crippen molar-refractivity contribution in [2.24, 2.45) is 0 Å². The third kappa shape index (κ3) is 3.20. The van der Waals surface area contributed by atoms with E-state index >= 15 is 0 Å². The summed E-state index contributed by atoms with van der Waals surface area (Å²) in [4.78, 5) is 12.8. The van der Waals surface area contributed by atoms with Crippen molar-refractivity contribution in [3.05, 3.63) is 21.7 Å².